The number of nitrogens with zero attached hydrogens (tertiary/aromatic N) is 4. The van der Waals surface area contributed by atoms with Crippen LogP contribution in [0, 0.1) is 0 Å². The van der Waals surface area contributed by atoms with E-state index in [-0.39, 0.29) is 30.1 Å². The van der Waals surface area contributed by atoms with E-state index in [1.165, 1.54) is 5.69 Å². The number of carbonyl (C=O) groups excluding carboxylic acids is 4. The number of hydrogen-bond donors (Lipinski definition) is 1. The summed E-state index contributed by atoms with van der Waals surface area (Å²) < 4.78 is 18.9. The summed E-state index contributed by atoms with van der Waals surface area (Å²) in [5.41, 5.74) is 3.81. The highest BCUT2D eigenvalue weighted by atomic mass is 32.1. The average Bonchev–Trinajstić information content (AvgIpc) is 3.69. The Kier molecular flexibility index (Phi) is 10.1. The number of fused-ring (bicyclic) bond motifs is 2. The van der Waals surface area contributed by atoms with Crippen LogP contribution in [0.25, 0.3) is 20.8 Å². The normalized spacial score (nSPS) is 19.8. The number of imide groups is 2. The maximum Gasteiger partial charge on any atom is 0.262 e. The van der Waals surface area contributed by atoms with Crippen molar-refractivity contribution in [3.8, 4) is 22.1 Å². The van der Waals surface area contributed by atoms with E-state index in [0.29, 0.717) is 18.5 Å². The van der Waals surface area contributed by atoms with Gasteiger partial charge >= 0.3 is 0 Å². The minimum atomic E-state index is -0.976. The molecule has 3 saturated heterocycles. The number of aromatic nitrogens is 1. The molecule has 3 aromatic carbocycles. The maximum absolute atomic E-state index is 13.1. The number of likely N-dealkylation sites (tertiary alicyclic amines) is 1. The van der Waals surface area contributed by atoms with Crippen molar-refractivity contribution in [2.75, 3.05) is 51.3 Å². The minimum absolute atomic E-state index is 0.0904. The smallest absolute Gasteiger partial charge is 0.262 e. The number of benzene rings is 3. The summed E-state index contributed by atoms with van der Waals surface area (Å²) >= 11 is 1.68. The SMILES string of the molecule is COc1ccc2nc(-c3ccc(N4CC(OC5CCN(CCCCCOc6ccc7c(c6)C(=O)N(C6CCC(=O)NC6=O)C7=O)CC5)C4)cc3)sc2c1. The Bertz CT molecular complexity index is 2020. The van der Waals surface area contributed by atoms with Crippen molar-refractivity contribution >= 4 is 50.9 Å². The molecule has 53 heavy (non-hydrogen) atoms. The molecule has 4 amide bonds. The molecule has 13 heteroatoms. The lowest BCUT2D eigenvalue weighted by molar-refractivity contribution is -0.136. The first-order valence-electron chi connectivity index (χ1n) is 18.5. The number of thiazole rings is 1. The number of anilines is 1. The zero-order chi connectivity index (χ0) is 36.5. The summed E-state index contributed by atoms with van der Waals surface area (Å²) in [5, 5.41) is 3.23. The van der Waals surface area contributed by atoms with Gasteiger partial charge in [0.25, 0.3) is 11.8 Å². The van der Waals surface area contributed by atoms with Gasteiger partial charge in [0.2, 0.25) is 11.8 Å². The zero-order valence-corrected chi connectivity index (χ0v) is 30.6. The van der Waals surface area contributed by atoms with Gasteiger partial charge < -0.3 is 24.0 Å². The first-order valence-corrected chi connectivity index (χ1v) is 19.3. The van der Waals surface area contributed by atoms with Crippen molar-refractivity contribution < 1.29 is 33.4 Å². The lowest BCUT2D eigenvalue weighted by Crippen LogP contribution is -2.54. The quantitative estimate of drug-likeness (QED) is 0.143. The van der Waals surface area contributed by atoms with Crippen LogP contribution in [0.1, 0.15) is 65.7 Å². The van der Waals surface area contributed by atoms with Gasteiger partial charge in [-0.05, 0) is 106 Å². The highest BCUT2D eigenvalue weighted by Gasteiger charge is 2.44. The van der Waals surface area contributed by atoms with E-state index in [2.05, 4.69) is 39.4 Å². The van der Waals surface area contributed by atoms with Gasteiger partial charge in [-0.25, -0.2) is 4.98 Å². The van der Waals surface area contributed by atoms with Crippen molar-refractivity contribution in [2.24, 2.45) is 0 Å². The Hall–Kier alpha value is -4.85. The number of amides is 4. The second-order valence-corrected chi connectivity index (χ2v) is 15.2. The third-order valence-corrected chi connectivity index (χ3v) is 11.7. The molecule has 1 unspecified atom stereocenters. The fourth-order valence-electron chi connectivity index (χ4n) is 7.59. The van der Waals surface area contributed by atoms with E-state index in [0.717, 1.165) is 96.3 Å². The predicted octanol–water partition coefficient (Wildman–Crippen LogP) is 5.29. The van der Waals surface area contributed by atoms with Crippen LogP contribution in [0.3, 0.4) is 0 Å². The molecule has 12 nitrogen and oxygen atoms in total. The zero-order valence-electron chi connectivity index (χ0n) is 29.8. The molecule has 1 aromatic heterocycles. The lowest BCUT2D eigenvalue weighted by Gasteiger charge is -2.43. The number of rotatable bonds is 13. The van der Waals surface area contributed by atoms with Crippen LogP contribution in [0.5, 0.6) is 11.5 Å². The molecular weight excluding hydrogens is 695 g/mol. The molecule has 4 aliphatic heterocycles. The highest BCUT2D eigenvalue weighted by Crippen LogP contribution is 2.34. The molecule has 0 aliphatic carbocycles. The summed E-state index contributed by atoms with van der Waals surface area (Å²) in [6, 6.07) is 18.5. The molecule has 276 valence electrons. The van der Waals surface area contributed by atoms with Gasteiger partial charge in [0.15, 0.2) is 0 Å². The Morgan fingerprint density at radius 2 is 1.60 bits per heavy atom. The van der Waals surface area contributed by atoms with Crippen molar-refractivity contribution in [1.82, 2.24) is 20.1 Å². The number of carbonyl (C=O) groups is 4. The molecule has 0 bridgehead atoms. The Morgan fingerprint density at radius 3 is 2.38 bits per heavy atom. The van der Waals surface area contributed by atoms with Gasteiger partial charge in [-0.15, -0.1) is 11.3 Å². The molecule has 3 fully saturated rings. The maximum atomic E-state index is 13.1. The monoisotopic (exact) mass is 737 g/mol. The van der Waals surface area contributed by atoms with Crippen molar-refractivity contribution in [3.63, 3.8) is 0 Å². The lowest BCUT2D eigenvalue weighted by atomic mass is 10.0. The van der Waals surface area contributed by atoms with E-state index in [9.17, 15) is 19.2 Å². The average molecular weight is 738 g/mol. The Labute approximate surface area is 312 Å². The van der Waals surface area contributed by atoms with Crippen LogP contribution in [0.2, 0.25) is 0 Å². The first-order chi connectivity index (χ1) is 25.8. The Morgan fingerprint density at radius 1 is 0.830 bits per heavy atom. The Balaban J connectivity index is 0.703. The van der Waals surface area contributed by atoms with Crippen LogP contribution >= 0.6 is 11.3 Å². The number of methoxy groups -OCH3 is 1. The molecule has 4 aliphatic rings. The largest absolute Gasteiger partial charge is 0.497 e. The third-order valence-electron chi connectivity index (χ3n) is 10.6. The number of unbranched alkanes of at least 4 members (excludes halogenated alkanes) is 2. The standard InChI is InChI=1S/C40H43N5O7S/c1-50-28-10-12-33-35(22-28)53-38(41-33)25-5-7-26(8-6-25)44-23-30(24-44)52-27-15-18-43(19-16-27)17-3-2-4-20-51-29-9-11-31-32(21-29)40(49)45(39(31)48)34-13-14-36(46)42-37(34)47/h5-12,21-22,27,30,34H,2-4,13-20,23-24H2,1H3,(H,42,46,47). The molecule has 8 rings (SSSR count). The molecule has 0 spiro atoms. The molecule has 5 heterocycles. The molecule has 1 atom stereocenters. The topological polar surface area (TPSA) is 131 Å². The fourth-order valence-corrected chi connectivity index (χ4v) is 8.59. The summed E-state index contributed by atoms with van der Waals surface area (Å²) in [5.74, 6) is -0.688. The van der Waals surface area contributed by atoms with E-state index in [1.54, 1.807) is 36.6 Å². The minimum Gasteiger partial charge on any atom is -0.497 e. The fraction of sp³-hybridized carbons (Fsp3) is 0.425. The first kappa shape index (κ1) is 35.2. The summed E-state index contributed by atoms with van der Waals surface area (Å²) in [4.78, 5) is 60.4. The van der Waals surface area contributed by atoms with Gasteiger partial charge in [0, 0.05) is 43.9 Å². The van der Waals surface area contributed by atoms with Crippen LogP contribution in [-0.4, -0.2) is 103 Å². The number of hydrogen-bond acceptors (Lipinski definition) is 11. The summed E-state index contributed by atoms with van der Waals surface area (Å²) in [6.07, 6.45) is 5.92. The molecule has 1 N–H and O–H groups in total. The van der Waals surface area contributed by atoms with Crippen molar-refractivity contribution in [3.05, 3.63) is 71.8 Å². The van der Waals surface area contributed by atoms with Crippen molar-refractivity contribution in [2.45, 2.75) is 63.2 Å². The summed E-state index contributed by atoms with van der Waals surface area (Å²) in [6.45, 7) is 5.50. The number of piperidine rings is 2. The molecule has 0 radical (unpaired) electrons. The van der Waals surface area contributed by atoms with Crippen LogP contribution < -0.4 is 19.7 Å². The van der Waals surface area contributed by atoms with Gasteiger partial charge in [0.1, 0.15) is 22.5 Å². The van der Waals surface area contributed by atoms with Gasteiger partial charge in [-0.1, -0.05) is 0 Å². The summed E-state index contributed by atoms with van der Waals surface area (Å²) in [7, 11) is 1.68. The van der Waals surface area contributed by atoms with Crippen LogP contribution in [0.4, 0.5) is 5.69 Å². The second kappa shape index (κ2) is 15.2. The molecule has 4 aromatic rings. The van der Waals surface area contributed by atoms with E-state index >= 15 is 0 Å². The predicted molar refractivity (Wildman–Crippen MR) is 201 cm³/mol. The van der Waals surface area contributed by atoms with E-state index in [1.807, 2.05) is 18.2 Å². The van der Waals surface area contributed by atoms with Gasteiger partial charge in [-0.3, -0.25) is 29.4 Å². The number of nitrogens with one attached hydrogen (secondary N) is 1. The third kappa shape index (κ3) is 7.51. The highest BCUT2D eigenvalue weighted by molar-refractivity contribution is 7.21. The van der Waals surface area contributed by atoms with Crippen LogP contribution in [-0.2, 0) is 14.3 Å². The van der Waals surface area contributed by atoms with E-state index in [4.69, 9.17) is 19.2 Å². The van der Waals surface area contributed by atoms with E-state index < -0.39 is 29.7 Å². The molecular formula is C40H43N5O7S. The van der Waals surface area contributed by atoms with Gasteiger partial charge in [0.05, 0.1) is 47.3 Å². The van der Waals surface area contributed by atoms with Gasteiger partial charge in [-0.2, -0.15) is 0 Å². The molecule has 0 saturated carbocycles. The van der Waals surface area contributed by atoms with Crippen LogP contribution in [0.15, 0.2) is 60.7 Å². The number of ether oxygens (including phenoxy) is 3. The second-order valence-electron chi connectivity index (χ2n) is 14.2. The van der Waals surface area contributed by atoms with Crippen molar-refractivity contribution in [1.29, 1.82) is 0 Å².